The van der Waals surface area contributed by atoms with Gasteiger partial charge in [0.15, 0.2) is 0 Å². The first-order chi connectivity index (χ1) is 7.24. The van der Waals surface area contributed by atoms with E-state index >= 15 is 0 Å². The summed E-state index contributed by atoms with van der Waals surface area (Å²) in [6, 6.07) is 6.19. The summed E-state index contributed by atoms with van der Waals surface area (Å²) in [5, 5.41) is 8.88. The number of halogens is 1. The molecule has 0 radical (unpaired) electrons. The number of nitrogens with one attached hydrogen (secondary N) is 1. The van der Waals surface area contributed by atoms with Gasteiger partial charge in [0.1, 0.15) is 4.60 Å². The average Bonchev–Trinajstić information content (AvgIpc) is 2.54. The lowest BCUT2D eigenvalue weighted by molar-refractivity contribution is 0.580. The van der Waals surface area contributed by atoms with E-state index in [9.17, 15) is 0 Å². The second-order valence-corrected chi connectivity index (χ2v) is 4.34. The van der Waals surface area contributed by atoms with Gasteiger partial charge in [-0.2, -0.15) is 5.10 Å². The Balaban J connectivity index is 2.50. The molecule has 80 valence electrons. The van der Waals surface area contributed by atoms with E-state index in [4.69, 9.17) is 0 Å². The van der Waals surface area contributed by atoms with Crippen molar-refractivity contribution in [2.75, 3.05) is 13.6 Å². The van der Waals surface area contributed by atoms with Crippen molar-refractivity contribution >= 4 is 26.8 Å². The van der Waals surface area contributed by atoms with Crippen molar-refractivity contribution in [1.82, 2.24) is 15.1 Å². The maximum absolute atomic E-state index is 4.54. The fourth-order valence-corrected chi connectivity index (χ4v) is 2.45. The number of benzene rings is 1. The molecular formula is C11H14BrN3. The van der Waals surface area contributed by atoms with Crippen molar-refractivity contribution in [1.29, 1.82) is 0 Å². The van der Waals surface area contributed by atoms with E-state index in [1.165, 1.54) is 10.9 Å². The molecular weight excluding hydrogens is 254 g/mol. The molecule has 3 nitrogen and oxygen atoms in total. The topological polar surface area (TPSA) is 29.9 Å². The summed E-state index contributed by atoms with van der Waals surface area (Å²) in [6.07, 6.45) is 0. The highest BCUT2D eigenvalue weighted by molar-refractivity contribution is 9.10. The van der Waals surface area contributed by atoms with Gasteiger partial charge in [-0.1, -0.05) is 12.1 Å². The molecule has 0 fully saturated rings. The number of rotatable bonds is 3. The molecule has 15 heavy (non-hydrogen) atoms. The molecule has 0 saturated heterocycles. The number of hydrogen-bond acceptors (Lipinski definition) is 2. The molecule has 2 rings (SSSR count). The monoisotopic (exact) mass is 267 g/mol. The first kappa shape index (κ1) is 10.6. The van der Waals surface area contributed by atoms with Crippen molar-refractivity contribution < 1.29 is 0 Å². The van der Waals surface area contributed by atoms with Crippen LogP contribution in [0, 0.1) is 6.92 Å². The Morgan fingerprint density at radius 3 is 2.93 bits per heavy atom. The largest absolute Gasteiger partial charge is 0.318 e. The lowest BCUT2D eigenvalue weighted by Gasteiger charge is -2.01. The number of aromatic nitrogens is 2. The van der Waals surface area contributed by atoms with E-state index in [0.29, 0.717) is 0 Å². The smallest absolute Gasteiger partial charge is 0.112 e. The van der Waals surface area contributed by atoms with Crippen LogP contribution < -0.4 is 5.32 Å². The molecule has 0 unspecified atom stereocenters. The van der Waals surface area contributed by atoms with E-state index in [-0.39, 0.29) is 0 Å². The second kappa shape index (κ2) is 4.33. The predicted octanol–water partition coefficient (Wildman–Crippen LogP) is 2.33. The summed E-state index contributed by atoms with van der Waals surface area (Å²) in [4.78, 5) is 0. The highest BCUT2D eigenvalue weighted by Gasteiger charge is 2.09. The van der Waals surface area contributed by atoms with Crippen LogP contribution in [-0.4, -0.2) is 23.4 Å². The van der Waals surface area contributed by atoms with Crippen LogP contribution in [0.4, 0.5) is 0 Å². The molecule has 4 heteroatoms. The Labute approximate surface area is 97.6 Å². The lowest BCUT2D eigenvalue weighted by Crippen LogP contribution is -2.15. The van der Waals surface area contributed by atoms with Crippen LogP contribution in [0.2, 0.25) is 0 Å². The summed E-state index contributed by atoms with van der Waals surface area (Å²) in [5.74, 6) is 0. The van der Waals surface area contributed by atoms with E-state index in [1.807, 2.05) is 23.9 Å². The quantitative estimate of drug-likeness (QED) is 0.925. The third-order valence-electron chi connectivity index (χ3n) is 2.49. The number of likely N-dealkylation sites (N-methyl/N-ethyl adjacent to an activating group) is 1. The molecule has 2 aromatic rings. The molecule has 0 saturated carbocycles. The van der Waals surface area contributed by atoms with Crippen LogP contribution in [-0.2, 0) is 6.54 Å². The number of aryl methyl sites for hydroxylation is 1. The van der Waals surface area contributed by atoms with Gasteiger partial charge in [-0.25, -0.2) is 0 Å². The molecule has 1 heterocycles. The predicted molar refractivity (Wildman–Crippen MR) is 66.1 cm³/mol. The zero-order valence-corrected chi connectivity index (χ0v) is 10.5. The Hall–Kier alpha value is -0.870. The average molecular weight is 268 g/mol. The molecule has 1 aromatic heterocycles. The Morgan fingerprint density at radius 1 is 1.47 bits per heavy atom. The van der Waals surface area contributed by atoms with Crippen LogP contribution in [0.1, 0.15) is 5.56 Å². The van der Waals surface area contributed by atoms with Gasteiger partial charge in [-0.3, -0.25) is 4.68 Å². The van der Waals surface area contributed by atoms with Gasteiger partial charge in [0.05, 0.1) is 12.1 Å². The van der Waals surface area contributed by atoms with Crippen LogP contribution in [0.15, 0.2) is 22.8 Å². The summed E-state index contributed by atoms with van der Waals surface area (Å²) >= 11 is 3.61. The summed E-state index contributed by atoms with van der Waals surface area (Å²) in [6.45, 7) is 3.91. The van der Waals surface area contributed by atoms with Crippen LogP contribution in [0.3, 0.4) is 0 Å². The van der Waals surface area contributed by atoms with Crippen LogP contribution in [0.25, 0.3) is 10.9 Å². The molecule has 1 N–H and O–H groups in total. The van der Waals surface area contributed by atoms with Gasteiger partial charge < -0.3 is 5.32 Å². The van der Waals surface area contributed by atoms with Crippen LogP contribution in [0.5, 0.6) is 0 Å². The normalized spacial score (nSPS) is 11.1. The fraction of sp³-hybridized carbons (Fsp3) is 0.364. The first-order valence-corrected chi connectivity index (χ1v) is 5.79. The van der Waals surface area contributed by atoms with Gasteiger partial charge in [0.25, 0.3) is 0 Å². The molecule has 0 aliphatic heterocycles. The van der Waals surface area contributed by atoms with E-state index in [2.05, 4.69) is 39.3 Å². The number of hydrogen-bond donors (Lipinski definition) is 1. The highest BCUT2D eigenvalue weighted by Crippen LogP contribution is 2.26. The third kappa shape index (κ3) is 1.92. The van der Waals surface area contributed by atoms with Gasteiger partial charge in [0.2, 0.25) is 0 Å². The zero-order valence-electron chi connectivity index (χ0n) is 8.92. The minimum atomic E-state index is 0.880. The molecule has 0 bridgehead atoms. The Morgan fingerprint density at radius 2 is 2.27 bits per heavy atom. The van der Waals surface area contributed by atoms with E-state index < -0.39 is 0 Å². The molecule has 0 spiro atoms. The van der Waals surface area contributed by atoms with Crippen molar-refractivity contribution in [3.63, 3.8) is 0 Å². The van der Waals surface area contributed by atoms with Crippen molar-refractivity contribution in [3.05, 3.63) is 28.4 Å². The Kier molecular flexibility index (Phi) is 3.07. The summed E-state index contributed by atoms with van der Waals surface area (Å²) < 4.78 is 3.07. The summed E-state index contributed by atoms with van der Waals surface area (Å²) in [7, 11) is 1.95. The maximum Gasteiger partial charge on any atom is 0.112 e. The highest BCUT2D eigenvalue weighted by atomic mass is 79.9. The second-order valence-electron chi connectivity index (χ2n) is 3.59. The Bertz CT molecular complexity index is 476. The third-order valence-corrected chi connectivity index (χ3v) is 3.29. The van der Waals surface area contributed by atoms with Crippen molar-refractivity contribution in [3.8, 4) is 0 Å². The SMILES string of the molecule is CNCCn1nc2cccc(C)c2c1Br. The van der Waals surface area contributed by atoms with Crippen molar-refractivity contribution in [2.24, 2.45) is 0 Å². The van der Waals surface area contributed by atoms with Gasteiger partial charge in [-0.15, -0.1) is 0 Å². The van der Waals surface area contributed by atoms with Gasteiger partial charge in [0, 0.05) is 11.9 Å². The van der Waals surface area contributed by atoms with Crippen molar-refractivity contribution in [2.45, 2.75) is 13.5 Å². The standard InChI is InChI=1S/C11H14BrN3/c1-8-4-3-5-9-10(8)11(12)15(14-9)7-6-13-2/h3-5,13H,6-7H2,1-2H3. The number of fused-ring (bicyclic) bond motifs is 1. The molecule has 0 atom stereocenters. The zero-order chi connectivity index (χ0) is 10.8. The van der Waals surface area contributed by atoms with E-state index in [1.54, 1.807) is 0 Å². The van der Waals surface area contributed by atoms with E-state index in [0.717, 1.165) is 23.2 Å². The lowest BCUT2D eigenvalue weighted by atomic mass is 10.1. The van der Waals surface area contributed by atoms with Crippen LogP contribution >= 0.6 is 15.9 Å². The molecule has 0 aliphatic rings. The minimum Gasteiger partial charge on any atom is -0.318 e. The fourth-order valence-electron chi connectivity index (χ4n) is 1.67. The minimum absolute atomic E-state index is 0.880. The summed E-state index contributed by atoms with van der Waals surface area (Å²) in [5.41, 5.74) is 2.31. The first-order valence-electron chi connectivity index (χ1n) is 5.00. The molecule has 0 amide bonds. The van der Waals surface area contributed by atoms with Gasteiger partial charge >= 0.3 is 0 Å². The molecule has 1 aromatic carbocycles. The molecule has 0 aliphatic carbocycles. The maximum atomic E-state index is 4.54. The van der Waals surface area contributed by atoms with Gasteiger partial charge in [-0.05, 0) is 41.5 Å². The number of nitrogens with zero attached hydrogens (tertiary/aromatic N) is 2.